The molecule has 6 rings (SSSR count). The fourth-order valence-electron chi connectivity index (χ4n) is 2.76. The molecule has 0 saturated carbocycles. The minimum Gasteiger partial charge on any atom is -0.457 e. The molecule has 6 aromatic rings. The number of aromatic nitrogens is 12. The van der Waals surface area contributed by atoms with Gasteiger partial charge in [0.25, 0.3) is 0 Å². The van der Waals surface area contributed by atoms with Crippen LogP contribution in [0.1, 0.15) is 0 Å². The molecule has 0 atom stereocenters. The van der Waals surface area contributed by atoms with Crippen LogP contribution in [0.3, 0.4) is 0 Å². The summed E-state index contributed by atoms with van der Waals surface area (Å²) < 4.78 is 0. The van der Waals surface area contributed by atoms with Gasteiger partial charge in [-0.15, -0.1) is 0 Å². The molecule has 0 saturated heterocycles. The van der Waals surface area contributed by atoms with E-state index in [0.29, 0.717) is 34.7 Å². The van der Waals surface area contributed by atoms with Gasteiger partial charge in [0.05, 0.1) is 35.4 Å². The van der Waals surface area contributed by atoms with Gasteiger partial charge in [-0.05, 0) is 23.8 Å². The van der Waals surface area contributed by atoms with Gasteiger partial charge in [0, 0.05) is 60.7 Å². The zero-order valence-corrected chi connectivity index (χ0v) is 22.3. The van der Waals surface area contributed by atoms with Crippen LogP contribution in [0, 0.1) is 0 Å². The Kier molecular flexibility index (Phi) is 10.8. The Morgan fingerprint density at radius 2 is 0.946 bits per heavy atom. The molecule has 0 radical (unpaired) electrons. The van der Waals surface area contributed by atoms with E-state index in [1.807, 2.05) is 24.3 Å². The molecule has 180 valence electrons. The smallest absolute Gasteiger partial charge is 0.457 e. The summed E-state index contributed by atoms with van der Waals surface area (Å²) in [5.74, 6) is 2.02. The third-order valence-electron chi connectivity index (χ3n) is 4.33. The third-order valence-corrected chi connectivity index (χ3v) is 4.33. The molecule has 0 aromatic carbocycles. The molecular weight excluding hydrogens is 530 g/mol. The molecule has 0 aliphatic heterocycles. The van der Waals surface area contributed by atoms with Crippen LogP contribution in [0.4, 0.5) is 0 Å². The molecule has 0 aliphatic carbocycles. The van der Waals surface area contributed by atoms with E-state index in [1.165, 1.54) is 0 Å². The summed E-state index contributed by atoms with van der Waals surface area (Å²) in [4.78, 5) is 32.7. The van der Waals surface area contributed by atoms with Crippen LogP contribution >= 0.6 is 0 Å². The van der Waals surface area contributed by atoms with Crippen molar-refractivity contribution in [3.8, 4) is 45.8 Å². The van der Waals surface area contributed by atoms with Gasteiger partial charge in [0.1, 0.15) is 0 Å². The van der Waals surface area contributed by atoms with E-state index in [4.69, 9.17) is 0 Å². The number of hydrogen-bond acceptors (Lipinski definition) is 10. The Bertz CT molecular complexity index is 1230. The largest absolute Gasteiger partial charge is 2.00 e. The average Bonchev–Trinajstić information content (AvgIpc) is 3.62. The zero-order chi connectivity index (χ0) is 23.0. The molecule has 37 heavy (non-hydrogen) atoms. The molecule has 6 aromatic heterocycles. The molecule has 0 bridgehead atoms. The molecule has 0 unspecified atom stereocenters. The maximum atomic E-state index is 4.29. The summed E-state index contributed by atoms with van der Waals surface area (Å²) in [5.41, 5.74) is 2.87. The van der Waals surface area contributed by atoms with E-state index < -0.39 is 0 Å². The molecule has 0 amide bonds. The van der Waals surface area contributed by atoms with Crippen molar-refractivity contribution < 1.29 is 30.4 Å². The van der Waals surface area contributed by atoms with Crippen molar-refractivity contribution in [2.24, 2.45) is 0 Å². The van der Waals surface area contributed by atoms with E-state index in [9.17, 15) is 0 Å². The Balaban J connectivity index is 0.000000241. The van der Waals surface area contributed by atoms with Gasteiger partial charge in [0.2, 0.25) is 0 Å². The average molecular weight is 550 g/mol. The van der Waals surface area contributed by atoms with Crippen LogP contribution in [0.5, 0.6) is 0 Å². The van der Waals surface area contributed by atoms with Gasteiger partial charge in [-0.2, -0.15) is 0 Å². The van der Waals surface area contributed by atoms with Crippen LogP contribution in [-0.2, 0) is 30.4 Å². The fraction of sp³-hybridized carbons (Fsp3) is 0. The summed E-state index contributed by atoms with van der Waals surface area (Å²) in [7, 11) is 0. The molecular formula is C22H20N12O2Zn+2. The zero-order valence-electron chi connectivity index (χ0n) is 19.3. The Morgan fingerprint density at radius 3 is 1.30 bits per heavy atom. The summed E-state index contributed by atoms with van der Waals surface area (Å²) in [6.45, 7) is 0. The van der Waals surface area contributed by atoms with Gasteiger partial charge in [-0.3, -0.25) is 40.1 Å². The van der Waals surface area contributed by atoms with Crippen LogP contribution in [0.15, 0.2) is 86.2 Å². The van der Waals surface area contributed by atoms with Crippen LogP contribution in [0.25, 0.3) is 45.8 Å². The van der Waals surface area contributed by atoms with Crippen molar-refractivity contribution in [2.75, 3.05) is 0 Å². The second kappa shape index (κ2) is 14.0. The van der Waals surface area contributed by atoms with Crippen molar-refractivity contribution in [1.29, 1.82) is 0 Å². The van der Waals surface area contributed by atoms with Gasteiger partial charge < -0.3 is 31.1 Å². The standard InChI is InChI=1S/2C11H7N6.2H2O.Zn/c2*1-2-8(6-12-3-1)10-15-11(17-16-10)9-7-13-4-5-14-9;;;/h2*1-7H;2*1H2;/q2*-1;;;+2/p+2. The maximum absolute atomic E-state index is 4.29. The predicted molar refractivity (Wildman–Crippen MR) is 129 cm³/mol. The summed E-state index contributed by atoms with van der Waals surface area (Å²) in [5, 5.41) is 15.9. The summed E-state index contributed by atoms with van der Waals surface area (Å²) >= 11 is 0. The second-order valence-electron chi connectivity index (χ2n) is 6.58. The van der Waals surface area contributed by atoms with E-state index in [0.717, 1.165) is 11.1 Å². The van der Waals surface area contributed by atoms with Crippen LogP contribution < -0.4 is 10.2 Å². The first-order valence-corrected chi connectivity index (χ1v) is 9.95. The van der Waals surface area contributed by atoms with Crippen molar-refractivity contribution in [3.63, 3.8) is 0 Å². The quantitative estimate of drug-likeness (QED) is 0.210. The molecule has 0 aliphatic rings. The van der Waals surface area contributed by atoms with E-state index in [2.05, 4.69) is 60.3 Å². The number of rotatable bonds is 4. The minimum atomic E-state index is 0. The summed E-state index contributed by atoms with van der Waals surface area (Å²) in [6, 6.07) is 7.41. The normalized spacial score (nSPS) is 9.51. The molecule has 14 nitrogen and oxygen atoms in total. The van der Waals surface area contributed by atoms with Crippen LogP contribution in [-0.4, -0.2) is 50.1 Å². The molecule has 6 N–H and O–H groups in total. The minimum absolute atomic E-state index is 0. The predicted octanol–water partition coefficient (Wildman–Crippen LogP) is 0.0593. The topological polar surface area (TPSA) is 223 Å². The molecule has 0 fully saturated rings. The first-order valence-electron chi connectivity index (χ1n) is 9.95. The number of hydrogen-bond donors (Lipinski definition) is 0. The molecule has 15 heteroatoms. The monoisotopic (exact) mass is 548 g/mol. The van der Waals surface area contributed by atoms with Crippen molar-refractivity contribution in [3.05, 3.63) is 86.2 Å². The Morgan fingerprint density at radius 1 is 0.514 bits per heavy atom. The maximum Gasteiger partial charge on any atom is 2.00 e. The fourth-order valence-corrected chi connectivity index (χ4v) is 2.76. The van der Waals surface area contributed by atoms with E-state index in [1.54, 1.807) is 62.0 Å². The molecule has 6 heterocycles. The Labute approximate surface area is 222 Å². The van der Waals surface area contributed by atoms with Gasteiger partial charge >= 0.3 is 19.5 Å². The van der Waals surface area contributed by atoms with Crippen molar-refractivity contribution in [2.45, 2.75) is 0 Å². The first-order chi connectivity index (χ1) is 16.9. The third kappa shape index (κ3) is 7.14. The number of nitrogens with zero attached hydrogens (tertiary/aromatic N) is 12. The van der Waals surface area contributed by atoms with E-state index in [-0.39, 0.29) is 30.4 Å². The summed E-state index contributed by atoms with van der Waals surface area (Å²) in [6.07, 6.45) is 16.4. The number of pyridine rings is 2. The van der Waals surface area contributed by atoms with Gasteiger partial charge in [-0.25, -0.2) is 0 Å². The SMILES string of the molecule is [OH3+].[OH3+].[Zn+2].c1cncc(-c2n[n-]c(-c3cnccn3)n2)c1.c1cncc(-c2n[n-]c(-c3cnccn3)n2)c1. The van der Waals surface area contributed by atoms with Crippen molar-refractivity contribution in [1.82, 2.24) is 60.3 Å². The first kappa shape index (κ1) is 28.5. The Hall–Kier alpha value is -4.72. The second-order valence-corrected chi connectivity index (χ2v) is 6.58. The van der Waals surface area contributed by atoms with Crippen molar-refractivity contribution >= 4 is 0 Å². The van der Waals surface area contributed by atoms with Gasteiger partial charge in [0.15, 0.2) is 0 Å². The molecule has 0 spiro atoms. The van der Waals surface area contributed by atoms with E-state index >= 15 is 0 Å². The van der Waals surface area contributed by atoms with Crippen LogP contribution in [0.2, 0.25) is 0 Å². The van der Waals surface area contributed by atoms with Gasteiger partial charge in [-0.1, -0.05) is 12.1 Å².